The number of amides is 1. The van der Waals surface area contributed by atoms with Gasteiger partial charge in [0.15, 0.2) is 0 Å². The van der Waals surface area contributed by atoms with Gasteiger partial charge in [-0.3, -0.25) is 0 Å². The van der Waals surface area contributed by atoms with Crippen molar-refractivity contribution in [2.75, 3.05) is 18.4 Å². The monoisotopic (exact) mass is 350 g/mol. The number of allylic oxidation sites excluding steroid dienone is 2. The molecule has 3 heterocycles. The largest absolute Gasteiger partial charge is 0.445 e. The number of benzene rings is 1. The van der Waals surface area contributed by atoms with Crippen molar-refractivity contribution in [1.29, 1.82) is 0 Å². The van der Waals surface area contributed by atoms with Gasteiger partial charge < -0.3 is 15.0 Å². The fraction of sp³-hybridized carbons (Fsp3) is 0.300. The maximum absolute atomic E-state index is 12.5. The topological polar surface area (TPSA) is 59.4 Å². The highest BCUT2D eigenvalue weighted by molar-refractivity contribution is 5.69. The third-order valence-corrected chi connectivity index (χ3v) is 4.83. The number of anilines is 1. The molecule has 1 unspecified atom stereocenters. The molecule has 0 spiro atoms. The standard InChI is InChI=1S/C20H22N4O2/c1-15-12-18(22-19-9-10-21-24(15)19)17-8-5-11-23(13-17)20(25)26-14-16-6-3-2-4-7-16/h2-4,6-7,9-10,12,17,22H,1,5,8,11,13-14H2. The molecule has 0 bridgehead atoms. The lowest BCUT2D eigenvalue weighted by molar-refractivity contribution is 0.0827. The van der Waals surface area contributed by atoms with Crippen molar-refractivity contribution in [2.45, 2.75) is 19.4 Å². The molecule has 134 valence electrons. The zero-order valence-electron chi connectivity index (χ0n) is 14.6. The molecule has 1 N–H and O–H groups in total. The summed E-state index contributed by atoms with van der Waals surface area (Å²) in [6, 6.07) is 11.7. The van der Waals surface area contributed by atoms with Crippen LogP contribution in [0.3, 0.4) is 0 Å². The van der Waals surface area contributed by atoms with Crippen LogP contribution < -0.4 is 5.32 Å². The highest BCUT2D eigenvalue weighted by atomic mass is 16.6. The molecule has 4 rings (SSSR count). The number of likely N-dealkylation sites (tertiary alicyclic amines) is 1. The molecule has 1 saturated heterocycles. The van der Waals surface area contributed by atoms with Gasteiger partial charge in [0.05, 0.1) is 11.9 Å². The lowest BCUT2D eigenvalue weighted by Gasteiger charge is -2.34. The van der Waals surface area contributed by atoms with Crippen molar-refractivity contribution in [3.05, 3.63) is 66.5 Å². The van der Waals surface area contributed by atoms with Gasteiger partial charge in [-0.1, -0.05) is 36.9 Å². The number of nitrogens with one attached hydrogen (secondary N) is 1. The van der Waals surface area contributed by atoms with Crippen LogP contribution in [0.4, 0.5) is 10.6 Å². The summed E-state index contributed by atoms with van der Waals surface area (Å²) in [5, 5.41) is 7.66. The van der Waals surface area contributed by atoms with Crippen LogP contribution in [0.1, 0.15) is 18.4 Å². The SMILES string of the molecule is C=C1C=C(C2CCCN(C(=O)OCc3ccccc3)C2)Nc2ccnn21. The number of fused-ring (bicyclic) bond motifs is 1. The van der Waals surface area contributed by atoms with E-state index in [4.69, 9.17) is 4.74 Å². The van der Waals surface area contributed by atoms with E-state index in [1.165, 1.54) is 0 Å². The second-order valence-corrected chi connectivity index (χ2v) is 6.67. The molecule has 6 nitrogen and oxygen atoms in total. The Labute approximate surface area is 152 Å². The van der Waals surface area contributed by atoms with E-state index in [1.807, 2.05) is 42.5 Å². The van der Waals surface area contributed by atoms with Crippen LogP contribution in [0.15, 0.2) is 60.9 Å². The van der Waals surface area contributed by atoms with Gasteiger partial charge in [0.1, 0.15) is 12.4 Å². The number of hydrogen-bond acceptors (Lipinski definition) is 4. The minimum Gasteiger partial charge on any atom is -0.445 e. The number of carbonyl (C=O) groups excluding carboxylic acids is 1. The molecule has 0 aliphatic carbocycles. The predicted molar refractivity (Wildman–Crippen MR) is 100 cm³/mol. The van der Waals surface area contributed by atoms with Crippen molar-refractivity contribution in [3.8, 4) is 0 Å². The third kappa shape index (κ3) is 3.35. The first kappa shape index (κ1) is 16.4. The number of piperidine rings is 1. The summed E-state index contributed by atoms with van der Waals surface area (Å²) < 4.78 is 7.26. The van der Waals surface area contributed by atoms with Crippen LogP contribution in [-0.2, 0) is 11.3 Å². The minimum atomic E-state index is -0.251. The third-order valence-electron chi connectivity index (χ3n) is 4.83. The number of aromatic nitrogens is 2. The molecule has 2 aromatic rings. The average Bonchev–Trinajstić information content (AvgIpc) is 3.16. The van der Waals surface area contributed by atoms with Gasteiger partial charge in [-0.2, -0.15) is 5.10 Å². The Kier molecular flexibility index (Phi) is 4.48. The summed E-state index contributed by atoms with van der Waals surface area (Å²) in [4.78, 5) is 14.3. The number of ether oxygens (including phenoxy) is 1. The van der Waals surface area contributed by atoms with E-state index in [1.54, 1.807) is 15.8 Å². The van der Waals surface area contributed by atoms with Gasteiger partial charge in [0.25, 0.3) is 0 Å². The van der Waals surface area contributed by atoms with E-state index in [2.05, 4.69) is 17.0 Å². The van der Waals surface area contributed by atoms with Crippen molar-refractivity contribution < 1.29 is 9.53 Å². The molecule has 1 atom stereocenters. The molecule has 1 aromatic carbocycles. The number of carbonyl (C=O) groups is 1. The summed E-state index contributed by atoms with van der Waals surface area (Å²) in [5.41, 5.74) is 2.92. The number of rotatable bonds is 3. The Hall–Kier alpha value is -3.02. The Morgan fingerprint density at radius 2 is 2.15 bits per heavy atom. The lowest BCUT2D eigenvalue weighted by Crippen LogP contribution is -2.41. The Morgan fingerprint density at radius 1 is 1.31 bits per heavy atom. The van der Waals surface area contributed by atoms with Crippen LogP contribution in [0, 0.1) is 5.92 Å². The quantitative estimate of drug-likeness (QED) is 0.917. The van der Waals surface area contributed by atoms with E-state index in [0.717, 1.165) is 42.2 Å². The van der Waals surface area contributed by atoms with E-state index >= 15 is 0 Å². The van der Waals surface area contributed by atoms with Gasteiger partial charge in [-0.15, -0.1) is 0 Å². The van der Waals surface area contributed by atoms with Gasteiger partial charge in [0.2, 0.25) is 0 Å². The van der Waals surface area contributed by atoms with Crippen LogP contribution in [0.5, 0.6) is 0 Å². The maximum atomic E-state index is 12.5. The normalized spacial score (nSPS) is 19.4. The molecule has 1 amide bonds. The van der Waals surface area contributed by atoms with Crippen molar-refractivity contribution >= 4 is 17.6 Å². The fourth-order valence-electron chi connectivity index (χ4n) is 3.48. The molecule has 1 aromatic heterocycles. The number of nitrogens with zero attached hydrogens (tertiary/aromatic N) is 3. The summed E-state index contributed by atoms with van der Waals surface area (Å²) in [6.45, 7) is 5.75. The van der Waals surface area contributed by atoms with Gasteiger partial charge in [-0.05, 0) is 24.5 Å². The molecule has 0 radical (unpaired) electrons. The van der Waals surface area contributed by atoms with Crippen molar-refractivity contribution in [1.82, 2.24) is 14.7 Å². The van der Waals surface area contributed by atoms with Gasteiger partial charge >= 0.3 is 6.09 Å². The van der Waals surface area contributed by atoms with Crippen LogP contribution in [-0.4, -0.2) is 33.9 Å². The lowest BCUT2D eigenvalue weighted by atomic mass is 9.93. The van der Waals surface area contributed by atoms with Crippen LogP contribution in [0.25, 0.3) is 5.70 Å². The highest BCUT2D eigenvalue weighted by Crippen LogP contribution is 2.30. The van der Waals surface area contributed by atoms with Crippen LogP contribution >= 0.6 is 0 Å². The summed E-state index contributed by atoms with van der Waals surface area (Å²) in [6.07, 6.45) is 5.50. The molecule has 0 saturated carbocycles. The van der Waals surface area contributed by atoms with Gasteiger partial charge in [-0.25, -0.2) is 9.48 Å². The zero-order chi connectivity index (χ0) is 17.9. The minimum absolute atomic E-state index is 0.244. The fourth-order valence-corrected chi connectivity index (χ4v) is 3.48. The number of hydrogen-bond donors (Lipinski definition) is 1. The van der Waals surface area contributed by atoms with Crippen molar-refractivity contribution in [3.63, 3.8) is 0 Å². The zero-order valence-corrected chi connectivity index (χ0v) is 14.6. The summed E-state index contributed by atoms with van der Waals surface area (Å²) >= 11 is 0. The average molecular weight is 350 g/mol. The molecule has 6 heteroatoms. The Bertz CT molecular complexity index is 841. The Morgan fingerprint density at radius 3 is 3.00 bits per heavy atom. The molecule has 1 fully saturated rings. The smallest absolute Gasteiger partial charge is 0.410 e. The predicted octanol–water partition coefficient (Wildman–Crippen LogP) is 3.71. The second kappa shape index (κ2) is 7.07. The van der Waals surface area contributed by atoms with Crippen molar-refractivity contribution in [2.24, 2.45) is 5.92 Å². The van der Waals surface area contributed by atoms with E-state index in [9.17, 15) is 4.79 Å². The maximum Gasteiger partial charge on any atom is 0.410 e. The van der Waals surface area contributed by atoms with E-state index < -0.39 is 0 Å². The van der Waals surface area contributed by atoms with Gasteiger partial charge in [0, 0.05) is 30.8 Å². The molecule has 2 aliphatic rings. The molecule has 26 heavy (non-hydrogen) atoms. The molecule has 2 aliphatic heterocycles. The molecular weight excluding hydrogens is 328 g/mol. The first-order chi connectivity index (χ1) is 12.7. The molecular formula is C20H22N4O2. The Balaban J connectivity index is 1.38. The summed E-state index contributed by atoms with van der Waals surface area (Å²) in [7, 11) is 0. The summed E-state index contributed by atoms with van der Waals surface area (Å²) in [5.74, 6) is 1.16. The highest BCUT2D eigenvalue weighted by Gasteiger charge is 2.29. The van der Waals surface area contributed by atoms with Crippen LogP contribution in [0.2, 0.25) is 0 Å². The van der Waals surface area contributed by atoms with E-state index in [-0.39, 0.29) is 12.0 Å². The second-order valence-electron chi connectivity index (χ2n) is 6.67. The first-order valence-corrected chi connectivity index (χ1v) is 8.88. The first-order valence-electron chi connectivity index (χ1n) is 8.88. The van der Waals surface area contributed by atoms with E-state index in [0.29, 0.717) is 13.2 Å².